The Morgan fingerprint density at radius 1 is 0.265 bits per heavy atom. The number of carbonyl (C=O) groups excluding carboxylic acids is 5. The maximum Gasteiger partial charge on any atom is 0.268 e. The van der Waals surface area contributed by atoms with Gasteiger partial charge in [0.25, 0.3) is 79.7 Å². The van der Waals surface area contributed by atoms with Gasteiger partial charge in [-0.25, -0.2) is 65.7 Å². The summed E-state index contributed by atoms with van der Waals surface area (Å²) in [5.41, 5.74) is 18.0. The van der Waals surface area contributed by atoms with Gasteiger partial charge in [0.1, 0.15) is 11.5 Å². The molecule has 32 heteroatoms. The maximum atomic E-state index is 12.8. The van der Waals surface area contributed by atoms with Crippen LogP contribution >= 0.6 is 0 Å². The van der Waals surface area contributed by atoms with E-state index in [9.17, 15) is 66.1 Å². The van der Waals surface area contributed by atoms with Crippen molar-refractivity contribution < 1.29 is 75.5 Å². The van der Waals surface area contributed by atoms with Gasteiger partial charge < -0.3 is 33.6 Å². The van der Waals surface area contributed by atoms with Crippen molar-refractivity contribution in [2.24, 2.45) is 14.1 Å². The Hall–Kier alpha value is -17.3. The zero-order chi connectivity index (χ0) is 104. The molecule has 0 fully saturated rings. The molecular weight excluding hydrogens is 1950 g/mol. The van der Waals surface area contributed by atoms with E-state index in [0.717, 1.165) is 78.2 Å². The van der Waals surface area contributed by atoms with Gasteiger partial charge in [-0.2, -0.15) is 0 Å². The molecule has 0 spiro atoms. The molecule has 5 heterocycles. The molecular formula is C115H100N10O17S5. The van der Waals surface area contributed by atoms with E-state index in [0.29, 0.717) is 59.4 Å². The highest BCUT2D eigenvalue weighted by atomic mass is 32.2. The van der Waals surface area contributed by atoms with Crippen LogP contribution in [0.4, 0.5) is 0 Å². The van der Waals surface area contributed by atoms with Gasteiger partial charge in [0.15, 0.2) is 0 Å². The van der Waals surface area contributed by atoms with Crippen LogP contribution in [0.25, 0.3) is 54.5 Å². The average molecular weight is 2050 g/mol. The lowest BCUT2D eigenvalue weighted by Crippen LogP contribution is -2.31. The van der Waals surface area contributed by atoms with Crippen molar-refractivity contribution in [3.8, 4) is 11.5 Å². The average Bonchev–Trinajstić information content (AvgIpc) is 1.69. The van der Waals surface area contributed by atoms with Crippen molar-refractivity contribution in [3.63, 3.8) is 0 Å². The summed E-state index contributed by atoms with van der Waals surface area (Å²) in [6.45, 7) is 1.69. The molecule has 27 nitrogen and oxygen atoms in total. The van der Waals surface area contributed by atoms with Crippen molar-refractivity contribution in [2.45, 2.75) is 63.5 Å². The van der Waals surface area contributed by atoms with Crippen LogP contribution in [0.5, 0.6) is 11.5 Å². The van der Waals surface area contributed by atoms with Gasteiger partial charge in [0, 0.05) is 128 Å². The third-order valence-electron chi connectivity index (χ3n) is 24.4. The van der Waals surface area contributed by atoms with Gasteiger partial charge in [-0.15, -0.1) is 0 Å². The standard InChI is InChI=1S/C24H22N2O4S.C23H20N2O4S.2C23H20N2O3S.C22H18N2O3S/c1-26-16-19(21-10-6-7-11-22(21)26)14-17-12-13-18(15-23(17)30-2)24(27)25-31(28,29)20-8-4-3-5-9-20;1-29-22-12-11-16(13-17-15-24-21-10-6-5-9-19(17)21)14-20(22)23(26)25-30(27,28)18-7-3-2-4-8-18;1-16-6-2-5-9-22(16)29(27,28)25-23(26)18-12-10-17(11-13-18)14-19-15-24-21-8-4-3-7-20(19)21;1-25-16-19(21-9-5-6-10-22(21)25)15-17-11-13-18(14-12-17)23(26)24-29(27,28)20-7-3-2-4-8-20;25-22(24-28(26,27)19-6-2-1-3-7-19)17-12-10-16(11-13-17)14-18-15-23-21-9-5-4-8-20(18)21/h3-13,15-16H,14H2,1-2H3,(H,25,27);2-12,14-15,24H,13H2,1H3,(H,25,26);2-13,15,24H,14H2,1H3,(H,25,26);2-14,16H,15H2,1H3,(H,24,26);1-13,15,23H,14H2,(H,24,25). The molecule has 0 atom stereocenters. The van der Waals surface area contributed by atoms with E-state index < -0.39 is 79.7 Å². The number of ether oxygens (including phenoxy) is 2. The molecule has 0 radical (unpaired) electrons. The first-order valence-electron chi connectivity index (χ1n) is 46.2. The zero-order valence-electron chi connectivity index (χ0n) is 80.1. The van der Waals surface area contributed by atoms with Crippen LogP contribution in [-0.4, -0.2) is 110 Å². The van der Waals surface area contributed by atoms with Crippen LogP contribution in [0.3, 0.4) is 0 Å². The predicted octanol–water partition coefficient (Wildman–Crippen LogP) is 19.7. The summed E-state index contributed by atoms with van der Waals surface area (Å²) in [4.78, 5) is 72.6. The van der Waals surface area contributed by atoms with Crippen LogP contribution in [0, 0.1) is 6.92 Å². The largest absolute Gasteiger partial charge is 0.496 e. The Labute approximate surface area is 850 Å². The molecule has 742 valence electrons. The number of benzene rings is 15. The summed E-state index contributed by atoms with van der Waals surface area (Å²) in [7, 11) is -12.6. The molecule has 0 aliphatic heterocycles. The van der Waals surface area contributed by atoms with Gasteiger partial charge in [0.05, 0.1) is 44.3 Å². The molecule has 15 aromatic carbocycles. The summed E-state index contributed by atoms with van der Waals surface area (Å²) < 4.78 is 150. The van der Waals surface area contributed by atoms with Gasteiger partial charge in [-0.3, -0.25) is 24.0 Å². The lowest BCUT2D eigenvalue weighted by atomic mass is 10.0. The number of sulfonamides is 5. The first kappa shape index (κ1) is 103. The van der Waals surface area contributed by atoms with Gasteiger partial charge in [-0.05, 0) is 239 Å². The Balaban J connectivity index is 0.000000131. The third kappa shape index (κ3) is 25.1. The fourth-order valence-electron chi connectivity index (χ4n) is 16.9. The number of para-hydroxylation sites is 5. The topological polar surface area (TPSA) is 392 Å². The van der Waals surface area contributed by atoms with Crippen molar-refractivity contribution in [1.29, 1.82) is 0 Å². The van der Waals surface area contributed by atoms with Crippen molar-refractivity contribution in [2.75, 3.05) is 14.2 Å². The van der Waals surface area contributed by atoms with Crippen LogP contribution in [0.1, 0.15) is 113 Å². The fourth-order valence-corrected chi connectivity index (χ4v) is 22.1. The van der Waals surface area contributed by atoms with E-state index in [4.69, 9.17) is 9.47 Å². The molecule has 5 amide bonds. The first-order chi connectivity index (χ1) is 70.8. The molecule has 20 aromatic rings. The number of aromatic amines is 3. The Morgan fingerprint density at radius 2 is 0.558 bits per heavy atom. The number of nitrogens with zero attached hydrogens (tertiary/aromatic N) is 2. The SMILES string of the molecule is COc1cc(C(=O)NS(=O)(=O)c2ccccc2)ccc1Cc1cn(C)c2ccccc12.COc1ccc(Cc2c[nH]c3ccccc23)cc1C(=O)NS(=O)(=O)c1ccccc1.Cc1ccccc1S(=O)(=O)NC(=O)c1ccc(Cc2c[nH]c3ccccc23)cc1.Cn1cc(Cc2ccc(C(=O)NS(=O)(=O)c3ccccc3)cc2)c2ccccc21.O=C(NS(=O)(=O)c1ccccc1)c1ccc(Cc2c[nH]c3ccccc23)cc1. The van der Waals surface area contributed by atoms with Crippen molar-refractivity contribution >= 4 is 134 Å². The smallest absolute Gasteiger partial charge is 0.268 e. The predicted molar refractivity (Wildman–Crippen MR) is 570 cm³/mol. The van der Waals surface area contributed by atoms with E-state index >= 15 is 0 Å². The van der Waals surface area contributed by atoms with E-state index in [1.807, 2.05) is 160 Å². The zero-order valence-corrected chi connectivity index (χ0v) is 84.2. The molecule has 0 bridgehead atoms. The number of nitrogens with one attached hydrogen (secondary N) is 8. The number of hydrogen-bond donors (Lipinski definition) is 8. The number of aryl methyl sites for hydroxylation is 3. The van der Waals surface area contributed by atoms with Gasteiger partial charge in [-0.1, -0.05) is 231 Å². The molecule has 8 N–H and O–H groups in total. The van der Waals surface area contributed by atoms with Crippen molar-refractivity contribution in [1.82, 2.24) is 47.7 Å². The van der Waals surface area contributed by atoms with E-state index in [2.05, 4.69) is 96.5 Å². The lowest BCUT2D eigenvalue weighted by molar-refractivity contribution is 0.0969. The van der Waals surface area contributed by atoms with Gasteiger partial charge in [0.2, 0.25) is 0 Å². The summed E-state index contributed by atoms with van der Waals surface area (Å²) in [6.07, 6.45) is 13.5. The van der Waals surface area contributed by atoms with Crippen LogP contribution in [-0.2, 0) is 96.3 Å². The second-order valence-electron chi connectivity index (χ2n) is 34.4. The highest BCUT2D eigenvalue weighted by molar-refractivity contribution is 7.91. The number of amides is 5. The lowest BCUT2D eigenvalue weighted by Gasteiger charge is -2.12. The summed E-state index contributed by atoms with van der Waals surface area (Å²) in [5.74, 6) is -2.56. The van der Waals surface area contributed by atoms with Crippen LogP contribution in [0.15, 0.2) is 432 Å². The van der Waals surface area contributed by atoms with Crippen LogP contribution in [0.2, 0.25) is 0 Å². The monoisotopic (exact) mass is 2050 g/mol. The number of methoxy groups -OCH3 is 2. The highest BCUT2D eigenvalue weighted by Gasteiger charge is 2.27. The quantitative estimate of drug-likeness (QED) is 0.0237. The molecule has 0 aliphatic carbocycles. The minimum absolute atomic E-state index is 0.0206. The van der Waals surface area contributed by atoms with Crippen LogP contribution < -0.4 is 33.1 Å². The highest BCUT2D eigenvalue weighted by Crippen LogP contribution is 2.33. The van der Waals surface area contributed by atoms with E-state index in [1.54, 1.807) is 165 Å². The van der Waals surface area contributed by atoms with Crippen molar-refractivity contribution in [3.05, 3.63) is 496 Å². The Kier molecular flexibility index (Phi) is 31.8. The minimum atomic E-state index is -3.98. The maximum absolute atomic E-state index is 12.8. The Bertz CT molecular complexity index is 8850. The molecule has 5 aromatic heterocycles. The minimum Gasteiger partial charge on any atom is -0.496 e. The molecule has 0 saturated carbocycles. The summed E-state index contributed by atoms with van der Waals surface area (Å²) in [6, 6.07) is 109. The second kappa shape index (κ2) is 45.5. The van der Waals surface area contributed by atoms with E-state index in [1.165, 1.54) is 107 Å². The molecule has 20 rings (SSSR count). The normalized spacial score (nSPS) is 11.4. The Morgan fingerprint density at radius 3 is 0.932 bits per heavy atom. The second-order valence-corrected chi connectivity index (χ2v) is 42.8. The summed E-state index contributed by atoms with van der Waals surface area (Å²) in [5, 5.41) is 5.79. The third-order valence-corrected chi connectivity index (χ3v) is 31.3. The number of hydrogen-bond acceptors (Lipinski definition) is 17. The number of fused-ring (bicyclic) bond motifs is 5. The number of aromatic nitrogens is 5. The summed E-state index contributed by atoms with van der Waals surface area (Å²) >= 11 is 0. The molecule has 0 unspecified atom stereocenters. The van der Waals surface area contributed by atoms with Gasteiger partial charge >= 0.3 is 0 Å². The fraction of sp³-hybridized carbons (Fsp3) is 0.0870. The number of carbonyl (C=O) groups is 5. The number of H-pyrrole nitrogens is 3. The molecule has 147 heavy (non-hydrogen) atoms. The first-order valence-corrected chi connectivity index (χ1v) is 53.6. The number of rotatable bonds is 27. The molecule has 0 aliphatic rings. The van der Waals surface area contributed by atoms with E-state index in [-0.39, 0.29) is 35.6 Å². The molecule has 0 saturated heterocycles.